The highest BCUT2D eigenvalue weighted by molar-refractivity contribution is 6.34. The predicted molar refractivity (Wildman–Crippen MR) is 44.4 cm³/mol. The second-order valence-electron chi connectivity index (χ2n) is 3.06. The van der Waals surface area contributed by atoms with Gasteiger partial charge in [0.1, 0.15) is 0 Å². The summed E-state index contributed by atoms with van der Waals surface area (Å²) in [6.07, 6.45) is 7.54. The van der Waals surface area contributed by atoms with Crippen LogP contribution in [0.5, 0.6) is 0 Å². The molecule has 1 rings (SSSR count). The highest BCUT2D eigenvalue weighted by Crippen LogP contribution is 2.26. The Morgan fingerprint density at radius 2 is 1.89 bits per heavy atom. The van der Waals surface area contributed by atoms with E-state index in [0.717, 1.165) is 5.54 Å². The predicted octanol–water partition coefficient (Wildman–Crippen LogP) is 1.04. The molecule has 0 aromatic rings. The molecule has 1 saturated carbocycles. The number of hydrogen-bond acceptors (Lipinski definition) is 1. The van der Waals surface area contributed by atoms with Gasteiger partial charge in [-0.15, -0.1) is 0 Å². The van der Waals surface area contributed by atoms with Crippen molar-refractivity contribution < 1.29 is 0 Å². The first-order chi connectivity index (χ1) is 4.43. The molecule has 0 aromatic heterocycles. The minimum Gasteiger partial charge on any atom is -0.345 e. The molecule has 0 bridgehead atoms. The van der Waals surface area contributed by atoms with Crippen LogP contribution < -0.4 is 4.98 Å². The van der Waals surface area contributed by atoms with Crippen molar-refractivity contribution in [3.05, 3.63) is 0 Å². The van der Waals surface area contributed by atoms with Crippen LogP contribution in [0, 0.1) is 0 Å². The quantitative estimate of drug-likeness (QED) is 0.570. The van der Waals surface area contributed by atoms with Crippen LogP contribution in [0.25, 0.3) is 0 Å². The van der Waals surface area contributed by atoms with E-state index in [1.807, 2.05) is 0 Å². The van der Waals surface area contributed by atoms with Gasteiger partial charge in [0.05, 0.1) is 9.68 Å². The molecule has 0 radical (unpaired) electrons. The minimum atomic E-state index is 0.126. The fraction of sp³-hybridized carbons (Fsp3) is 1.00. The van der Waals surface area contributed by atoms with Crippen LogP contribution in [-0.2, 0) is 0 Å². The Labute approximate surface area is 60.1 Å². The maximum Gasteiger partial charge on any atom is 0.0944 e. The number of hydrogen-bond donors (Lipinski definition) is 1. The van der Waals surface area contributed by atoms with E-state index < -0.39 is 0 Å². The molecular formula is C7H17NSi. The molecule has 0 unspecified atom stereocenters. The zero-order chi connectivity index (χ0) is 6.53. The molecule has 1 aliphatic rings. The van der Waals surface area contributed by atoms with Gasteiger partial charge >= 0.3 is 0 Å². The van der Waals surface area contributed by atoms with E-state index in [1.54, 1.807) is 0 Å². The van der Waals surface area contributed by atoms with E-state index in [4.69, 9.17) is 0 Å². The van der Waals surface area contributed by atoms with E-state index in [1.165, 1.54) is 32.1 Å². The molecule has 9 heavy (non-hydrogen) atoms. The summed E-state index contributed by atoms with van der Waals surface area (Å²) in [5.74, 6) is 0. The fourth-order valence-corrected chi connectivity index (χ4v) is 3.24. The number of nitrogens with one attached hydrogen (secondary N) is 1. The minimum absolute atomic E-state index is 0.126. The van der Waals surface area contributed by atoms with Crippen molar-refractivity contribution in [3.8, 4) is 0 Å². The molecular weight excluding hydrogens is 126 g/mol. The largest absolute Gasteiger partial charge is 0.345 e. The van der Waals surface area contributed by atoms with Crippen LogP contribution >= 0.6 is 0 Å². The van der Waals surface area contributed by atoms with Crippen LogP contribution in [0.3, 0.4) is 0 Å². The summed E-state index contributed by atoms with van der Waals surface area (Å²) in [7, 11) is 2.24. The Hall–Kier alpha value is 0.177. The standard InChI is InChI=1S/C7H17NSi/c1-8-9-7-5-3-2-4-6-7/h7-8H,2-6,9H2,1H3. The summed E-state index contributed by atoms with van der Waals surface area (Å²) in [5.41, 5.74) is 1.13. The molecule has 0 saturated heterocycles. The van der Waals surface area contributed by atoms with Gasteiger partial charge in [0.2, 0.25) is 0 Å². The van der Waals surface area contributed by atoms with Crippen LogP contribution in [0.2, 0.25) is 5.54 Å². The van der Waals surface area contributed by atoms with E-state index in [0.29, 0.717) is 0 Å². The zero-order valence-corrected chi connectivity index (χ0v) is 7.73. The molecule has 1 aliphatic carbocycles. The topological polar surface area (TPSA) is 12.0 Å². The van der Waals surface area contributed by atoms with Crippen molar-refractivity contribution in [2.24, 2.45) is 0 Å². The van der Waals surface area contributed by atoms with E-state index >= 15 is 0 Å². The van der Waals surface area contributed by atoms with Gasteiger partial charge in [0.15, 0.2) is 0 Å². The molecule has 1 fully saturated rings. The smallest absolute Gasteiger partial charge is 0.0944 e. The Morgan fingerprint density at radius 1 is 1.22 bits per heavy atom. The van der Waals surface area contributed by atoms with Crippen molar-refractivity contribution in [2.45, 2.75) is 37.6 Å². The first kappa shape index (κ1) is 7.29. The lowest BCUT2D eigenvalue weighted by molar-refractivity contribution is 0.498. The first-order valence-electron chi connectivity index (χ1n) is 4.08. The Bertz CT molecular complexity index is 66.6. The van der Waals surface area contributed by atoms with Gasteiger partial charge in [0, 0.05) is 0 Å². The summed E-state index contributed by atoms with van der Waals surface area (Å²) in [4.78, 5) is 3.38. The third-order valence-corrected chi connectivity index (χ3v) is 4.02. The average molecular weight is 143 g/mol. The van der Waals surface area contributed by atoms with Gasteiger partial charge in [-0.1, -0.05) is 32.1 Å². The highest BCUT2D eigenvalue weighted by Gasteiger charge is 2.11. The third-order valence-electron chi connectivity index (χ3n) is 2.22. The summed E-state index contributed by atoms with van der Waals surface area (Å²) < 4.78 is 0. The monoisotopic (exact) mass is 143 g/mol. The molecule has 2 heteroatoms. The van der Waals surface area contributed by atoms with Gasteiger partial charge in [-0.2, -0.15) is 0 Å². The maximum atomic E-state index is 3.38. The Morgan fingerprint density at radius 3 is 2.44 bits per heavy atom. The lowest BCUT2D eigenvalue weighted by atomic mass is 10.0. The van der Waals surface area contributed by atoms with E-state index in [2.05, 4.69) is 12.0 Å². The molecule has 1 N–H and O–H groups in total. The third kappa shape index (κ3) is 2.50. The molecule has 0 spiro atoms. The average Bonchev–Trinajstić information content (AvgIpc) is 1.91. The van der Waals surface area contributed by atoms with Gasteiger partial charge in [-0.3, -0.25) is 0 Å². The highest BCUT2D eigenvalue weighted by atomic mass is 28.2. The van der Waals surface area contributed by atoms with E-state index in [9.17, 15) is 0 Å². The van der Waals surface area contributed by atoms with Crippen molar-refractivity contribution in [1.82, 2.24) is 4.98 Å². The molecule has 0 atom stereocenters. The van der Waals surface area contributed by atoms with Gasteiger partial charge < -0.3 is 4.98 Å². The molecule has 0 amide bonds. The van der Waals surface area contributed by atoms with Crippen molar-refractivity contribution in [3.63, 3.8) is 0 Å². The zero-order valence-electron chi connectivity index (χ0n) is 6.32. The molecule has 0 heterocycles. The fourth-order valence-electron chi connectivity index (χ4n) is 1.68. The van der Waals surface area contributed by atoms with Gasteiger partial charge in [-0.25, -0.2) is 0 Å². The maximum absolute atomic E-state index is 3.38. The van der Waals surface area contributed by atoms with Crippen LogP contribution in [0.1, 0.15) is 32.1 Å². The summed E-state index contributed by atoms with van der Waals surface area (Å²) in [5, 5.41) is 0. The molecule has 0 aliphatic heterocycles. The van der Waals surface area contributed by atoms with Crippen LogP contribution in [0.15, 0.2) is 0 Å². The van der Waals surface area contributed by atoms with Crippen LogP contribution in [-0.4, -0.2) is 16.7 Å². The Balaban J connectivity index is 2.08. The van der Waals surface area contributed by atoms with Crippen molar-refractivity contribution in [2.75, 3.05) is 7.05 Å². The molecule has 0 aromatic carbocycles. The van der Waals surface area contributed by atoms with Gasteiger partial charge in [0.25, 0.3) is 0 Å². The SMILES string of the molecule is CN[SiH2]C1CCCCC1. The summed E-state index contributed by atoms with van der Waals surface area (Å²) in [6.45, 7) is 0. The Kier molecular flexibility index (Phi) is 3.29. The number of rotatable bonds is 2. The summed E-state index contributed by atoms with van der Waals surface area (Å²) in [6, 6.07) is 0. The second kappa shape index (κ2) is 4.07. The molecule has 54 valence electrons. The van der Waals surface area contributed by atoms with Crippen LogP contribution in [0.4, 0.5) is 0 Å². The van der Waals surface area contributed by atoms with Crippen molar-refractivity contribution in [1.29, 1.82) is 0 Å². The van der Waals surface area contributed by atoms with Crippen molar-refractivity contribution >= 4 is 9.68 Å². The normalized spacial score (nSPS) is 23.7. The summed E-state index contributed by atoms with van der Waals surface area (Å²) >= 11 is 0. The van der Waals surface area contributed by atoms with E-state index in [-0.39, 0.29) is 9.68 Å². The lowest BCUT2D eigenvalue weighted by Crippen LogP contribution is -2.20. The first-order valence-corrected chi connectivity index (χ1v) is 5.60. The lowest BCUT2D eigenvalue weighted by Gasteiger charge is -2.19. The molecule has 1 nitrogen and oxygen atoms in total. The second-order valence-corrected chi connectivity index (χ2v) is 5.33. The van der Waals surface area contributed by atoms with Gasteiger partial charge in [-0.05, 0) is 12.6 Å².